The van der Waals surface area contributed by atoms with Gasteiger partial charge in [-0.2, -0.15) is 0 Å². The van der Waals surface area contributed by atoms with E-state index in [-0.39, 0.29) is 0 Å². The van der Waals surface area contributed by atoms with E-state index in [1.807, 2.05) is 11.3 Å². The lowest BCUT2D eigenvalue weighted by Gasteiger charge is -2.40. The molecule has 0 bridgehead atoms. The summed E-state index contributed by atoms with van der Waals surface area (Å²) in [5.41, 5.74) is 6.76. The second-order valence-corrected chi connectivity index (χ2v) is 9.26. The molecule has 1 aromatic heterocycles. The average molecular weight is 330 g/mol. The Morgan fingerprint density at radius 1 is 1.33 bits per heavy atom. The van der Waals surface area contributed by atoms with Crippen LogP contribution in [0.2, 0.25) is 0 Å². The minimum atomic E-state index is 0.393. The van der Waals surface area contributed by atoms with E-state index >= 15 is 0 Å². The Morgan fingerprint density at radius 3 is 2.61 bits per heavy atom. The van der Waals surface area contributed by atoms with Crippen molar-refractivity contribution < 1.29 is 0 Å². The largest absolute Gasteiger partial charge is 0.327 e. The maximum absolute atomic E-state index is 6.33. The van der Waals surface area contributed by atoms with Crippen LogP contribution >= 0.6 is 27.3 Å². The Balaban J connectivity index is 2.02. The second-order valence-electron chi connectivity index (χ2n) is 6.71. The molecule has 102 valence electrons. The molecule has 1 aromatic rings. The number of nitrogens with two attached hydrogens (primary N) is 1. The first-order valence-electron chi connectivity index (χ1n) is 6.86. The highest BCUT2D eigenvalue weighted by molar-refractivity contribution is 9.11. The fraction of sp³-hybridized carbons (Fsp3) is 0.733. The Morgan fingerprint density at radius 2 is 2.06 bits per heavy atom. The van der Waals surface area contributed by atoms with Crippen molar-refractivity contribution in [1.82, 2.24) is 0 Å². The van der Waals surface area contributed by atoms with Gasteiger partial charge in [-0.3, -0.25) is 0 Å². The van der Waals surface area contributed by atoms with Crippen LogP contribution in [0.3, 0.4) is 0 Å². The molecule has 3 unspecified atom stereocenters. The molecule has 1 aliphatic carbocycles. The standard InChI is InChI=1S/C15H24BrNS/c1-15(2,3)11-4-6-13(17)10(8-11)9-12-5-7-14(16)18-12/h5,7,10-11,13H,4,6,8-9,17H2,1-3H3. The van der Waals surface area contributed by atoms with Crippen LogP contribution in [-0.2, 0) is 6.42 Å². The molecule has 0 aliphatic heterocycles. The van der Waals surface area contributed by atoms with Crippen LogP contribution in [-0.4, -0.2) is 6.04 Å². The predicted molar refractivity (Wildman–Crippen MR) is 84.0 cm³/mol. The van der Waals surface area contributed by atoms with Crippen molar-refractivity contribution in [3.8, 4) is 0 Å². The Bertz CT molecular complexity index is 393. The topological polar surface area (TPSA) is 26.0 Å². The summed E-state index contributed by atoms with van der Waals surface area (Å²) in [6, 6.07) is 4.78. The summed E-state index contributed by atoms with van der Waals surface area (Å²) in [5.74, 6) is 1.49. The molecule has 0 radical (unpaired) electrons. The zero-order chi connectivity index (χ0) is 13.3. The first kappa shape index (κ1) is 14.5. The minimum Gasteiger partial charge on any atom is -0.327 e. The van der Waals surface area contributed by atoms with E-state index in [1.54, 1.807) is 0 Å². The van der Waals surface area contributed by atoms with Gasteiger partial charge in [-0.05, 0) is 71.0 Å². The van der Waals surface area contributed by atoms with Crippen LogP contribution in [0, 0.1) is 17.3 Å². The van der Waals surface area contributed by atoms with E-state index in [2.05, 4.69) is 48.8 Å². The first-order valence-corrected chi connectivity index (χ1v) is 8.47. The second kappa shape index (κ2) is 5.64. The average Bonchev–Trinajstić information content (AvgIpc) is 2.66. The summed E-state index contributed by atoms with van der Waals surface area (Å²) in [6.45, 7) is 7.11. The summed E-state index contributed by atoms with van der Waals surface area (Å²) in [6.07, 6.45) is 4.94. The van der Waals surface area contributed by atoms with E-state index in [9.17, 15) is 0 Å². The molecule has 1 saturated carbocycles. The van der Waals surface area contributed by atoms with Crippen LogP contribution < -0.4 is 5.73 Å². The van der Waals surface area contributed by atoms with Gasteiger partial charge in [0.2, 0.25) is 0 Å². The van der Waals surface area contributed by atoms with Gasteiger partial charge >= 0.3 is 0 Å². The molecule has 3 heteroatoms. The molecule has 1 nitrogen and oxygen atoms in total. The molecule has 0 aromatic carbocycles. The summed E-state index contributed by atoms with van der Waals surface area (Å²) in [4.78, 5) is 1.47. The molecular weight excluding hydrogens is 306 g/mol. The number of hydrogen-bond acceptors (Lipinski definition) is 2. The first-order chi connectivity index (χ1) is 8.36. The third-order valence-electron chi connectivity index (χ3n) is 4.36. The molecule has 2 rings (SSSR count). The summed E-state index contributed by atoms with van der Waals surface area (Å²) < 4.78 is 1.23. The van der Waals surface area contributed by atoms with E-state index < -0.39 is 0 Å². The molecule has 18 heavy (non-hydrogen) atoms. The van der Waals surface area contributed by atoms with Gasteiger partial charge < -0.3 is 5.73 Å². The Labute approximate surface area is 123 Å². The molecule has 0 saturated heterocycles. The van der Waals surface area contributed by atoms with E-state index in [0.717, 1.165) is 12.3 Å². The van der Waals surface area contributed by atoms with Crippen LogP contribution in [0.1, 0.15) is 44.9 Å². The third-order valence-corrected chi connectivity index (χ3v) is 6.00. The lowest BCUT2D eigenvalue weighted by Crippen LogP contribution is -2.40. The van der Waals surface area contributed by atoms with E-state index in [4.69, 9.17) is 5.73 Å². The molecule has 0 spiro atoms. The lowest BCUT2D eigenvalue weighted by atomic mass is 9.67. The van der Waals surface area contributed by atoms with Crippen molar-refractivity contribution in [3.05, 3.63) is 20.8 Å². The molecule has 2 N–H and O–H groups in total. The molecule has 3 atom stereocenters. The lowest BCUT2D eigenvalue weighted by molar-refractivity contribution is 0.127. The fourth-order valence-corrected chi connectivity index (χ4v) is 4.60. The minimum absolute atomic E-state index is 0.393. The van der Waals surface area contributed by atoms with Crippen molar-refractivity contribution in [3.63, 3.8) is 0 Å². The monoisotopic (exact) mass is 329 g/mol. The van der Waals surface area contributed by atoms with Crippen LogP contribution in [0.4, 0.5) is 0 Å². The molecule has 1 aliphatic rings. The van der Waals surface area contributed by atoms with Gasteiger partial charge in [0, 0.05) is 10.9 Å². The maximum Gasteiger partial charge on any atom is 0.0701 e. The molecular formula is C15H24BrNS. The van der Waals surface area contributed by atoms with Crippen LogP contribution in [0.15, 0.2) is 15.9 Å². The van der Waals surface area contributed by atoms with Gasteiger partial charge in [0.15, 0.2) is 0 Å². The van der Waals surface area contributed by atoms with Gasteiger partial charge in [-0.1, -0.05) is 20.8 Å². The smallest absolute Gasteiger partial charge is 0.0701 e. The van der Waals surface area contributed by atoms with E-state index in [1.165, 1.54) is 27.9 Å². The van der Waals surface area contributed by atoms with Crippen LogP contribution in [0.25, 0.3) is 0 Å². The van der Waals surface area contributed by atoms with Crippen molar-refractivity contribution in [2.75, 3.05) is 0 Å². The maximum atomic E-state index is 6.33. The van der Waals surface area contributed by atoms with Gasteiger partial charge in [0.25, 0.3) is 0 Å². The predicted octanol–water partition coefficient (Wildman–Crippen LogP) is 4.84. The number of rotatable bonds is 2. The summed E-state index contributed by atoms with van der Waals surface area (Å²) in [5, 5.41) is 0. The van der Waals surface area contributed by atoms with Crippen molar-refractivity contribution in [1.29, 1.82) is 0 Å². The highest BCUT2D eigenvalue weighted by atomic mass is 79.9. The summed E-state index contributed by atoms with van der Waals surface area (Å²) in [7, 11) is 0. The fourth-order valence-electron chi connectivity index (χ4n) is 3.03. The molecule has 0 amide bonds. The highest BCUT2D eigenvalue weighted by Crippen LogP contribution is 2.41. The summed E-state index contributed by atoms with van der Waals surface area (Å²) >= 11 is 5.40. The Hall–Kier alpha value is 0.140. The quantitative estimate of drug-likeness (QED) is 0.825. The number of halogens is 1. The normalized spacial score (nSPS) is 29.5. The van der Waals surface area contributed by atoms with Gasteiger partial charge in [-0.15, -0.1) is 11.3 Å². The Kier molecular flexibility index (Phi) is 4.56. The van der Waals surface area contributed by atoms with Crippen molar-refractivity contribution in [2.45, 2.75) is 52.5 Å². The van der Waals surface area contributed by atoms with Crippen LogP contribution in [0.5, 0.6) is 0 Å². The SMILES string of the molecule is CC(C)(C)C1CCC(N)C(Cc2ccc(Br)s2)C1. The van der Waals surface area contributed by atoms with Gasteiger partial charge in [0.1, 0.15) is 0 Å². The van der Waals surface area contributed by atoms with Crippen molar-refractivity contribution >= 4 is 27.3 Å². The third kappa shape index (κ3) is 3.58. The molecule has 1 fully saturated rings. The van der Waals surface area contributed by atoms with Gasteiger partial charge in [-0.25, -0.2) is 0 Å². The zero-order valence-electron chi connectivity index (χ0n) is 11.6. The highest BCUT2D eigenvalue weighted by Gasteiger charge is 2.34. The number of thiophene rings is 1. The zero-order valence-corrected chi connectivity index (χ0v) is 14.0. The van der Waals surface area contributed by atoms with Crippen molar-refractivity contribution in [2.24, 2.45) is 23.0 Å². The van der Waals surface area contributed by atoms with E-state index in [0.29, 0.717) is 17.4 Å². The molecule has 1 heterocycles. The van der Waals surface area contributed by atoms with Gasteiger partial charge in [0.05, 0.1) is 3.79 Å². The number of hydrogen-bond donors (Lipinski definition) is 1.